The van der Waals surface area contributed by atoms with Gasteiger partial charge in [0.2, 0.25) is 0 Å². The van der Waals surface area contributed by atoms with E-state index in [1.165, 1.54) is 19.3 Å². The van der Waals surface area contributed by atoms with Crippen molar-refractivity contribution in [1.29, 1.82) is 0 Å². The molecule has 1 unspecified atom stereocenters. The lowest BCUT2D eigenvalue weighted by molar-refractivity contribution is 0.0553. The summed E-state index contributed by atoms with van der Waals surface area (Å²) in [6, 6.07) is 12.2. The molecule has 0 aliphatic carbocycles. The number of benzene rings is 2. The molecule has 0 spiro atoms. The number of hydrogen-bond donors (Lipinski definition) is 4. The first kappa shape index (κ1) is 29.2. The van der Waals surface area contributed by atoms with Gasteiger partial charge in [-0.3, -0.25) is 0 Å². The van der Waals surface area contributed by atoms with Crippen LogP contribution in [0.2, 0.25) is 0 Å². The largest absolute Gasteiger partial charge is 0.516 e. The van der Waals surface area contributed by atoms with Crippen LogP contribution < -0.4 is 9.47 Å². The van der Waals surface area contributed by atoms with Gasteiger partial charge in [0.05, 0.1) is 45.4 Å². The Labute approximate surface area is 216 Å². The predicted octanol–water partition coefficient (Wildman–Crippen LogP) is 3.78. The normalized spacial score (nSPS) is 11.8. The Morgan fingerprint density at radius 2 is 1.57 bits per heavy atom. The summed E-state index contributed by atoms with van der Waals surface area (Å²) >= 11 is 0. The number of methoxy groups -OCH3 is 2. The van der Waals surface area contributed by atoms with E-state index in [1.807, 2.05) is 24.3 Å². The maximum absolute atomic E-state index is 10.5. The number of aromatic nitrogens is 3. The molecule has 0 aliphatic heterocycles. The number of rotatable bonds is 11. The van der Waals surface area contributed by atoms with E-state index in [0.29, 0.717) is 41.0 Å². The van der Waals surface area contributed by atoms with Crippen LogP contribution >= 0.6 is 0 Å². The Bertz CT molecular complexity index is 1150. The molecule has 0 amide bonds. The molecular weight excluding hydrogens is 478 g/mol. The van der Waals surface area contributed by atoms with Gasteiger partial charge in [-0.15, -0.1) is 0 Å². The predicted molar refractivity (Wildman–Crippen MR) is 140 cm³/mol. The summed E-state index contributed by atoms with van der Waals surface area (Å²) < 4.78 is 15.8. The standard InChI is InChI=1S/C25H27N3O6.C2H6O/c1-32-18-8-6-17(7-9-18)24-26-23(5-3-4-19(12-13-29)34-15-14-30)27-25(28-24)21-11-10-20(33-2)16-22(21)31;1-2-3/h3,5-13,16,19,29-31H,4,14-15H2,1-2H3;3H,2H2,1H3/b5-3+,13-12+;. The highest BCUT2D eigenvalue weighted by atomic mass is 16.5. The zero-order valence-corrected chi connectivity index (χ0v) is 21.1. The molecule has 1 aromatic heterocycles. The first-order valence-corrected chi connectivity index (χ1v) is 11.6. The SMILES string of the molecule is CCO.COc1ccc(-c2nc(/C=C/CC(/C=C/O)OCCO)nc(-c3ccc(OC)cc3O)n2)cc1. The third-order valence-corrected chi connectivity index (χ3v) is 4.81. The van der Waals surface area contributed by atoms with Crippen molar-refractivity contribution in [3.8, 4) is 40.0 Å². The minimum atomic E-state index is -0.415. The second-order valence-corrected chi connectivity index (χ2v) is 7.38. The summed E-state index contributed by atoms with van der Waals surface area (Å²) in [4.78, 5) is 13.6. The first-order chi connectivity index (χ1) is 18.0. The van der Waals surface area contributed by atoms with Crippen molar-refractivity contribution >= 4 is 6.08 Å². The van der Waals surface area contributed by atoms with Gasteiger partial charge in [-0.2, -0.15) is 0 Å². The van der Waals surface area contributed by atoms with Crippen molar-refractivity contribution < 1.29 is 34.6 Å². The lowest BCUT2D eigenvalue weighted by atomic mass is 10.1. The fourth-order valence-corrected chi connectivity index (χ4v) is 3.09. The number of phenols is 1. The zero-order valence-electron chi connectivity index (χ0n) is 21.1. The number of aliphatic hydroxyl groups excluding tert-OH is 3. The van der Waals surface area contributed by atoms with Gasteiger partial charge in [0.15, 0.2) is 17.5 Å². The molecule has 0 aliphatic rings. The highest BCUT2D eigenvalue weighted by Crippen LogP contribution is 2.31. The molecule has 0 saturated heterocycles. The van der Waals surface area contributed by atoms with Crippen LogP contribution in [-0.2, 0) is 4.74 Å². The Balaban J connectivity index is 0.00000153. The summed E-state index contributed by atoms with van der Waals surface area (Å²) in [5.74, 6) is 2.29. The molecule has 10 heteroatoms. The van der Waals surface area contributed by atoms with E-state index in [2.05, 4.69) is 15.0 Å². The van der Waals surface area contributed by atoms with Gasteiger partial charge in [0.1, 0.15) is 17.2 Å². The van der Waals surface area contributed by atoms with E-state index in [1.54, 1.807) is 38.3 Å². The quantitative estimate of drug-likeness (QED) is 0.280. The summed E-state index contributed by atoms with van der Waals surface area (Å²) in [7, 11) is 3.11. The van der Waals surface area contributed by atoms with Crippen LogP contribution in [0.3, 0.4) is 0 Å². The summed E-state index contributed by atoms with van der Waals surface area (Å²) in [6.45, 7) is 1.96. The van der Waals surface area contributed by atoms with Crippen LogP contribution in [0.15, 0.2) is 60.9 Å². The van der Waals surface area contributed by atoms with Gasteiger partial charge >= 0.3 is 0 Å². The topological polar surface area (TPSA) is 147 Å². The van der Waals surface area contributed by atoms with E-state index in [-0.39, 0.29) is 25.6 Å². The van der Waals surface area contributed by atoms with Crippen LogP contribution in [0.1, 0.15) is 19.2 Å². The Morgan fingerprint density at radius 1 is 0.919 bits per heavy atom. The summed E-state index contributed by atoms with van der Waals surface area (Å²) in [6.07, 6.45) is 5.90. The number of phenolic OH excluding ortho intramolecular Hbond substituents is 1. The zero-order chi connectivity index (χ0) is 27.0. The van der Waals surface area contributed by atoms with E-state index < -0.39 is 6.10 Å². The highest BCUT2D eigenvalue weighted by molar-refractivity contribution is 5.68. The number of aliphatic hydroxyl groups is 3. The molecule has 3 rings (SSSR count). The van der Waals surface area contributed by atoms with Gasteiger partial charge in [-0.1, -0.05) is 6.08 Å². The third kappa shape index (κ3) is 9.19. The van der Waals surface area contributed by atoms with Gasteiger partial charge < -0.3 is 34.6 Å². The van der Waals surface area contributed by atoms with Gasteiger partial charge in [-0.05, 0) is 61.9 Å². The molecule has 0 bridgehead atoms. The second-order valence-electron chi connectivity index (χ2n) is 7.38. The number of nitrogens with zero attached hydrogens (tertiary/aromatic N) is 3. The fourth-order valence-electron chi connectivity index (χ4n) is 3.09. The molecule has 198 valence electrons. The third-order valence-electron chi connectivity index (χ3n) is 4.81. The molecule has 37 heavy (non-hydrogen) atoms. The molecule has 0 radical (unpaired) electrons. The van der Waals surface area contributed by atoms with E-state index in [0.717, 1.165) is 11.8 Å². The average molecular weight is 512 g/mol. The number of ether oxygens (including phenoxy) is 3. The molecule has 4 N–H and O–H groups in total. The maximum Gasteiger partial charge on any atom is 0.167 e. The Hall–Kier alpha value is -3.99. The van der Waals surface area contributed by atoms with Crippen LogP contribution in [0.25, 0.3) is 28.9 Å². The lowest BCUT2D eigenvalue weighted by Gasteiger charge is -2.11. The minimum Gasteiger partial charge on any atom is -0.516 e. The molecule has 1 atom stereocenters. The van der Waals surface area contributed by atoms with E-state index in [9.17, 15) is 5.11 Å². The van der Waals surface area contributed by atoms with E-state index >= 15 is 0 Å². The fraction of sp³-hybridized carbons (Fsp3) is 0.296. The van der Waals surface area contributed by atoms with Crippen LogP contribution in [0.5, 0.6) is 17.2 Å². The first-order valence-electron chi connectivity index (χ1n) is 11.6. The molecule has 2 aromatic carbocycles. The monoisotopic (exact) mass is 511 g/mol. The highest BCUT2D eigenvalue weighted by Gasteiger charge is 2.14. The van der Waals surface area contributed by atoms with Crippen molar-refractivity contribution in [1.82, 2.24) is 15.0 Å². The van der Waals surface area contributed by atoms with Gasteiger partial charge in [0.25, 0.3) is 0 Å². The van der Waals surface area contributed by atoms with Crippen LogP contribution in [-0.4, -0.2) is 75.5 Å². The smallest absolute Gasteiger partial charge is 0.167 e. The van der Waals surface area contributed by atoms with Crippen molar-refractivity contribution in [3.05, 3.63) is 66.7 Å². The van der Waals surface area contributed by atoms with Crippen LogP contribution in [0, 0.1) is 0 Å². The van der Waals surface area contributed by atoms with Gasteiger partial charge in [-0.25, -0.2) is 15.0 Å². The molecule has 0 saturated carbocycles. The number of aromatic hydroxyl groups is 1. The maximum atomic E-state index is 10.5. The molecular formula is C27H33N3O7. The molecule has 3 aromatic rings. The van der Waals surface area contributed by atoms with Crippen molar-refractivity contribution in [2.24, 2.45) is 0 Å². The Morgan fingerprint density at radius 3 is 2.16 bits per heavy atom. The summed E-state index contributed by atoms with van der Waals surface area (Å²) in [5, 5.41) is 36.1. The lowest BCUT2D eigenvalue weighted by Crippen LogP contribution is -2.12. The molecule has 1 heterocycles. The minimum absolute atomic E-state index is 0.0216. The van der Waals surface area contributed by atoms with E-state index in [4.69, 9.17) is 29.5 Å². The number of hydrogen-bond acceptors (Lipinski definition) is 10. The molecule has 10 nitrogen and oxygen atoms in total. The molecule has 0 fully saturated rings. The summed E-state index contributed by atoms with van der Waals surface area (Å²) in [5.41, 5.74) is 1.18. The van der Waals surface area contributed by atoms with Crippen LogP contribution in [0.4, 0.5) is 0 Å². The Kier molecular flexibility index (Phi) is 12.6. The van der Waals surface area contributed by atoms with Gasteiger partial charge in [0, 0.05) is 18.2 Å². The van der Waals surface area contributed by atoms with Crippen molar-refractivity contribution in [2.75, 3.05) is 34.0 Å². The van der Waals surface area contributed by atoms with Crippen molar-refractivity contribution in [2.45, 2.75) is 19.4 Å². The average Bonchev–Trinajstić information content (AvgIpc) is 2.92. The second kappa shape index (κ2) is 15.9. The van der Waals surface area contributed by atoms with Crippen molar-refractivity contribution in [3.63, 3.8) is 0 Å².